The van der Waals surface area contributed by atoms with Crippen molar-refractivity contribution in [2.75, 3.05) is 57.7 Å². The Morgan fingerprint density at radius 1 is 1.08 bits per heavy atom. The van der Waals surface area contributed by atoms with Crippen LogP contribution in [-0.2, 0) is 9.59 Å². The van der Waals surface area contributed by atoms with E-state index < -0.39 is 0 Å². The van der Waals surface area contributed by atoms with Gasteiger partial charge in [0.25, 0.3) is 0 Å². The van der Waals surface area contributed by atoms with Crippen LogP contribution >= 0.6 is 15.9 Å². The number of carbonyl (C=O) groups excluding carboxylic acids is 2. The lowest BCUT2D eigenvalue weighted by atomic mass is 10.2. The average Bonchev–Trinajstić information content (AvgIpc) is 2.60. The van der Waals surface area contributed by atoms with E-state index in [1.807, 2.05) is 43.9 Å². The Morgan fingerprint density at radius 2 is 1.65 bits per heavy atom. The van der Waals surface area contributed by atoms with Crippen LogP contribution in [0.3, 0.4) is 0 Å². The molecule has 2 rings (SSSR count). The van der Waals surface area contributed by atoms with E-state index in [1.54, 1.807) is 0 Å². The van der Waals surface area contributed by atoms with Crippen LogP contribution in [-0.4, -0.2) is 78.9 Å². The lowest BCUT2D eigenvalue weighted by Crippen LogP contribution is -2.51. The van der Waals surface area contributed by atoms with Gasteiger partial charge in [0, 0.05) is 49.4 Å². The van der Waals surface area contributed by atoms with Crippen LogP contribution in [0.4, 0.5) is 5.69 Å². The minimum absolute atomic E-state index is 0.00286. The van der Waals surface area contributed by atoms with Crippen molar-refractivity contribution in [3.05, 3.63) is 28.2 Å². The minimum atomic E-state index is 0.00286. The van der Waals surface area contributed by atoms with Crippen LogP contribution in [0.1, 0.15) is 19.4 Å². The summed E-state index contributed by atoms with van der Waals surface area (Å²) < 4.78 is 1.00. The number of piperazine rings is 1. The molecule has 1 aliphatic heterocycles. The molecule has 0 saturated carbocycles. The van der Waals surface area contributed by atoms with Gasteiger partial charge in [-0.05, 0) is 44.5 Å². The summed E-state index contributed by atoms with van der Waals surface area (Å²) in [6.07, 6.45) is 0. The Bertz CT molecular complexity index is 626. The summed E-state index contributed by atoms with van der Waals surface area (Å²) in [6.45, 7) is 11.6. The molecule has 1 aromatic rings. The number of benzene rings is 1. The first-order valence-electron chi connectivity index (χ1n) is 9.21. The highest BCUT2D eigenvalue weighted by Gasteiger charge is 2.22. The van der Waals surface area contributed by atoms with Crippen LogP contribution in [0.25, 0.3) is 0 Å². The van der Waals surface area contributed by atoms with Crippen LogP contribution in [0.2, 0.25) is 0 Å². The van der Waals surface area contributed by atoms with E-state index in [1.165, 1.54) is 0 Å². The van der Waals surface area contributed by atoms with Gasteiger partial charge in [-0.25, -0.2) is 0 Å². The maximum atomic E-state index is 12.3. The Labute approximate surface area is 164 Å². The highest BCUT2D eigenvalue weighted by Crippen LogP contribution is 2.20. The summed E-state index contributed by atoms with van der Waals surface area (Å²) in [5.74, 6) is 0.190. The van der Waals surface area contributed by atoms with Gasteiger partial charge in [-0.2, -0.15) is 0 Å². The number of amides is 2. The molecule has 26 heavy (non-hydrogen) atoms. The summed E-state index contributed by atoms with van der Waals surface area (Å²) in [5.41, 5.74) is 1.88. The maximum Gasteiger partial charge on any atom is 0.238 e. The zero-order valence-corrected chi connectivity index (χ0v) is 17.5. The lowest BCUT2D eigenvalue weighted by Gasteiger charge is -2.34. The van der Waals surface area contributed by atoms with Crippen LogP contribution < -0.4 is 5.32 Å². The fourth-order valence-electron chi connectivity index (χ4n) is 3.13. The number of carbonyl (C=O) groups is 2. The third-order valence-electron chi connectivity index (χ3n) is 4.77. The highest BCUT2D eigenvalue weighted by molar-refractivity contribution is 9.10. The number of anilines is 1. The van der Waals surface area contributed by atoms with Gasteiger partial charge in [-0.1, -0.05) is 15.9 Å². The number of likely N-dealkylation sites (N-methyl/N-ethyl adjacent to an activating group) is 1. The summed E-state index contributed by atoms with van der Waals surface area (Å²) in [6, 6.07) is 5.82. The summed E-state index contributed by atoms with van der Waals surface area (Å²) >= 11 is 3.43. The molecule has 1 fully saturated rings. The molecule has 1 N–H and O–H groups in total. The zero-order valence-electron chi connectivity index (χ0n) is 15.9. The van der Waals surface area contributed by atoms with Gasteiger partial charge in [0.15, 0.2) is 0 Å². The predicted octanol–water partition coefficient (Wildman–Crippen LogP) is 2.18. The quantitative estimate of drug-likeness (QED) is 0.728. The zero-order chi connectivity index (χ0) is 19.1. The largest absolute Gasteiger partial charge is 0.342 e. The molecule has 1 aliphatic rings. The van der Waals surface area contributed by atoms with Gasteiger partial charge in [-0.3, -0.25) is 19.4 Å². The molecular weight excluding hydrogens is 396 g/mol. The maximum absolute atomic E-state index is 12.3. The van der Waals surface area contributed by atoms with Crippen molar-refractivity contribution in [2.45, 2.75) is 20.8 Å². The van der Waals surface area contributed by atoms with Gasteiger partial charge in [0.1, 0.15) is 0 Å². The molecule has 1 aromatic carbocycles. The Morgan fingerprint density at radius 3 is 2.19 bits per heavy atom. The van der Waals surface area contributed by atoms with Gasteiger partial charge in [0.05, 0.1) is 13.1 Å². The third-order valence-corrected chi connectivity index (χ3v) is 5.26. The lowest BCUT2D eigenvalue weighted by molar-refractivity contribution is -0.132. The molecule has 7 heteroatoms. The molecule has 1 heterocycles. The van der Waals surface area contributed by atoms with Gasteiger partial charge >= 0.3 is 0 Å². The standard InChI is InChI=1S/C19H29BrN4O2/c1-4-24(5-2)19(26)14-23-10-8-22(9-11-23)13-18(25)21-17-7-6-16(20)12-15(17)3/h6-7,12H,4-5,8-11,13-14H2,1-3H3,(H,21,25). The Hall–Kier alpha value is -1.44. The van der Waals surface area contributed by atoms with Crippen molar-refractivity contribution in [3.63, 3.8) is 0 Å². The van der Waals surface area contributed by atoms with Crippen LogP contribution in [0.5, 0.6) is 0 Å². The molecule has 0 bridgehead atoms. The number of halogens is 1. The van der Waals surface area contributed by atoms with Crippen molar-refractivity contribution in [1.82, 2.24) is 14.7 Å². The predicted molar refractivity (Wildman–Crippen MR) is 108 cm³/mol. The number of rotatable bonds is 7. The Kier molecular flexibility index (Phi) is 8.06. The van der Waals surface area contributed by atoms with E-state index >= 15 is 0 Å². The third kappa shape index (κ3) is 6.07. The van der Waals surface area contributed by atoms with E-state index in [-0.39, 0.29) is 11.8 Å². The summed E-state index contributed by atoms with van der Waals surface area (Å²) in [5, 5.41) is 2.98. The van der Waals surface area contributed by atoms with E-state index in [9.17, 15) is 9.59 Å². The second-order valence-electron chi connectivity index (χ2n) is 6.63. The topological polar surface area (TPSA) is 55.9 Å². The normalized spacial score (nSPS) is 15.7. The molecule has 0 spiro atoms. The van der Waals surface area contributed by atoms with Crippen molar-refractivity contribution >= 4 is 33.4 Å². The molecule has 0 aliphatic carbocycles. The Balaban J connectivity index is 1.76. The number of nitrogens with zero attached hydrogens (tertiary/aromatic N) is 3. The molecule has 144 valence electrons. The van der Waals surface area contributed by atoms with Gasteiger partial charge < -0.3 is 10.2 Å². The molecular formula is C19H29BrN4O2. The van der Waals surface area contributed by atoms with E-state index in [0.717, 1.165) is 55.0 Å². The fraction of sp³-hybridized carbons (Fsp3) is 0.579. The van der Waals surface area contributed by atoms with Crippen molar-refractivity contribution < 1.29 is 9.59 Å². The fourth-order valence-corrected chi connectivity index (χ4v) is 3.61. The van der Waals surface area contributed by atoms with E-state index in [0.29, 0.717) is 13.1 Å². The monoisotopic (exact) mass is 424 g/mol. The average molecular weight is 425 g/mol. The smallest absolute Gasteiger partial charge is 0.238 e. The number of hydrogen-bond donors (Lipinski definition) is 1. The summed E-state index contributed by atoms with van der Waals surface area (Å²) in [7, 11) is 0. The molecule has 0 radical (unpaired) electrons. The van der Waals surface area contributed by atoms with Crippen LogP contribution in [0, 0.1) is 6.92 Å². The van der Waals surface area contributed by atoms with E-state index in [2.05, 4.69) is 31.0 Å². The van der Waals surface area contributed by atoms with Gasteiger partial charge in [0.2, 0.25) is 11.8 Å². The van der Waals surface area contributed by atoms with Crippen molar-refractivity contribution in [3.8, 4) is 0 Å². The molecule has 1 saturated heterocycles. The first-order chi connectivity index (χ1) is 12.4. The number of aryl methyl sites for hydroxylation is 1. The number of hydrogen-bond acceptors (Lipinski definition) is 4. The van der Waals surface area contributed by atoms with Crippen molar-refractivity contribution in [2.24, 2.45) is 0 Å². The first-order valence-corrected chi connectivity index (χ1v) is 10.0. The van der Waals surface area contributed by atoms with Crippen molar-refractivity contribution in [1.29, 1.82) is 0 Å². The summed E-state index contributed by atoms with van der Waals surface area (Å²) in [4.78, 5) is 30.7. The highest BCUT2D eigenvalue weighted by atomic mass is 79.9. The molecule has 6 nitrogen and oxygen atoms in total. The SMILES string of the molecule is CCN(CC)C(=O)CN1CCN(CC(=O)Nc2ccc(Br)cc2C)CC1. The molecule has 2 amide bonds. The van der Waals surface area contributed by atoms with Crippen LogP contribution in [0.15, 0.2) is 22.7 Å². The van der Waals surface area contributed by atoms with Gasteiger partial charge in [-0.15, -0.1) is 0 Å². The molecule has 0 atom stereocenters. The second-order valence-corrected chi connectivity index (χ2v) is 7.54. The second kappa shape index (κ2) is 10.0. The van der Waals surface area contributed by atoms with E-state index in [4.69, 9.17) is 0 Å². The number of nitrogens with one attached hydrogen (secondary N) is 1. The minimum Gasteiger partial charge on any atom is -0.342 e. The molecule has 0 aromatic heterocycles. The first kappa shape index (κ1) is 20.9. The molecule has 0 unspecified atom stereocenters.